The van der Waals surface area contributed by atoms with Crippen LogP contribution in [0.15, 0.2) is 36.4 Å². The number of hydrogen-bond donors (Lipinski definition) is 2. The monoisotopic (exact) mass is 294 g/mol. The van der Waals surface area contributed by atoms with Gasteiger partial charge in [0.1, 0.15) is 0 Å². The van der Waals surface area contributed by atoms with Crippen molar-refractivity contribution in [3.8, 4) is 0 Å². The Balaban J connectivity index is 2.18. The molecule has 1 atom stereocenters. The molecule has 110 valence electrons. The Morgan fingerprint density at radius 2 is 1.76 bits per heavy atom. The van der Waals surface area contributed by atoms with Gasteiger partial charge in [-0.25, -0.2) is 13.2 Å². The van der Waals surface area contributed by atoms with Crippen LogP contribution in [0.25, 0.3) is 0 Å². The second-order valence-corrected chi connectivity index (χ2v) is 4.63. The number of nitrogens with one attached hydrogen (secondary N) is 1. The zero-order valence-corrected chi connectivity index (χ0v) is 11.2. The molecule has 1 unspecified atom stereocenters. The quantitative estimate of drug-likeness (QED) is 0.673. The molecular formula is C15H13F3N2O. The molecule has 0 aliphatic rings. The topological polar surface area (TPSA) is 55.1 Å². The first kappa shape index (κ1) is 14.9. The lowest BCUT2D eigenvalue weighted by Crippen LogP contribution is -2.19. The number of halogens is 3. The summed E-state index contributed by atoms with van der Waals surface area (Å²) in [5, 5.41) is 2.34. The summed E-state index contributed by atoms with van der Waals surface area (Å²) >= 11 is 0. The third-order valence-corrected chi connectivity index (χ3v) is 3.06. The first-order chi connectivity index (χ1) is 9.88. The molecule has 2 rings (SSSR count). The SMILES string of the molecule is CC(C(=O)Nc1cc(F)c(F)c(F)c1)c1cccc(N)c1. The average Bonchev–Trinajstić information content (AvgIpc) is 2.43. The zero-order valence-electron chi connectivity index (χ0n) is 11.2. The third-order valence-electron chi connectivity index (χ3n) is 3.06. The van der Waals surface area contributed by atoms with Gasteiger partial charge < -0.3 is 11.1 Å². The third kappa shape index (κ3) is 3.34. The van der Waals surface area contributed by atoms with Crippen LogP contribution < -0.4 is 11.1 Å². The van der Waals surface area contributed by atoms with Gasteiger partial charge in [0.15, 0.2) is 17.5 Å². The Morgan fingerprint density at radius 1 is 1.14 bits per heavy atom. The second-order valence-electron chi connectivity index (χ2n) is 4.63. The Bertz CT molecular complexity index is 665. The number of anilines is 2. The van der Waals surface area contributed by atoms with Crippen molar-refractivity contribution in [1.29, 1.82) is 0 Å². The van der Waals surface area contributed by atoms with E-state index in [9.17, 15) is 18.0 Å². The van der Waals surface area contributed by atoms with Crippen molar-refractivity contribution in [2.24, 2.45) is 0 Å². The van der Waals surface area contributed by atoms with E-state index in [0.717, 1.165) is 12.1 Å². The molecule has 0 aromatic heterocycles. The summed E-state index contributed by atoms with van der Waals surface area (Å²) < 4.78 is 39.0. The molecule has 0 spiro atoms. The van der Waals surface area contributed by atoms with E-state index in [1.165, 1.54) is 0 Å². The van der Waals surface area contributed by atoms with Crippen LogP contribution in [0.5, 0.6) is 0 Å². The van der Waals surface area contributed by atoms with Gasteiger partial charge in [-0.05, 0) is 24.6 Å². The van der Waals surface area contributed by atoms with E-state index in [-0.39, 0.29) is 5.69 Å². The number of nitrogen functional groups attached to an aromatic ring is 1. The number of carbonyl (C=O) groups is 1. The molecule has 2 aromatic rings. The van der Waals surface area contributed by atoms with Crippen molar-refractivity contribution in [2.75, 3.05) is 11.1 Å². The molecular weight excluding hydrogens is 281 g/mol. The predicted molar refractivity (Wildman–Crippen MR) is 74.2 cm³/mol. The normalized spacial score (nSPS) is 12.0. The van der Waals surface area contributed by atoms with E-state index in [0.29, 0.717) is 11.3 Å². The van der Waals surface area contributed by atoms with Crippen molar-refractivity contribution < 1.29 is 18.0 Å². The van der Waals surface area contributed by atoms with Gasteiger partial charge in [0, 0.05) is 23.5 Å². The molecule has 0 aliphatic heterocycles. The second kappa shape index (κ2) is 5.87. The molecule has 3 nitrogen and oxygen atoms in total. The smallest absolute Gasteiger partial charge is 0.231 e. The van der Waals surface area contributed by atoms with Crippen LogP contribution in [-0.2, 0) is 4.79 Å². The summed E-state index contributed by atoms with van der Waals surface area (Å²) in [6, 6.07) is 8.18. The van der Waals surface area contributed by atoms with Crippen LogP contribution in [0.4, 0.5) is 24.5 Å². The first-order valence-corrected chi connectivity index (χ1v) is 6.19. The molecule has 0 saturated carbocycles. The fourth-order valence-corrected chi connectivity index (χ4v) is 1.86. The van der Waals surface area contributed by atoms with Crippen LogP contribution in [0.3, 0.4) is 0 Å². The van der Waals surface area contributed by atoms with Crippen LogP contribution in [-0.4, -0.2) is 5.91 Å². The molecule has 0 aliphatic carbocycles. The van der Waals surface area contributed by atoms with E-state index >= 15 is 0 Å². The minimum atomic E-state index is -1.57. The van der Waals surface area contributed by atoms with Crippen molar-refractivity contribution >= 4 is 17.3 Å². The summed E-state index contributed by atoms with van der Waals surface area (Å²) in [4.78, 5) is 12.0. The lowest BCUT2D eigenvalue weighted by molar-refractivity contribution is -0.117. The van der Waals surface area contributed by atoms with Crippen LogP contribution in [0, 0.1) is 17.5 Å². The molecule has 6 heteroatoms. The highest BCUT2D eigenvalue weighted by atomic mass is 19.2. The lowest BCUT2D eigenvalue weighted by Gasteiger charge is -2.13. The van der Waals surface area contributed by atoms with E-state index in [1.54, 1.807) is 31.2 Å². The standard InChI is InChI=1S/C15H13F3N2O/c1-8(9-3-2-4-10(19)5-9)15(21)20-11-6-12(16)14(18)13(17)7-11/h2-8H,19H2,1H3,(H,20,21). The van der Waals surface area contributed by atoms with E-state index < -0.39 is 29.3 Å². The van der Waals surface area contributed by atoms with Gasteiger partial charge in [-0.15, -0.1) is 0 Å². The molecule has 0 bridgehead atoms. The van der Waals surface area contributed by atoms with Gasteiger partial charge in [-0.1, -0.05) is 12.1 Å². The molecule has 0 heterocycles. The van der Waals surface area contributed by atoms with Gasteiger partial charge in [0.2, 0.25) is 5.91 Å². The van der Waals surface area contributed by atoms with E-state index in [2.05, 4.69) is 5.32 Å². The minimum Gasteiger partial charge on any atom is -0.399 e. The van der Waals surface area contributed by atoms with Crippen LogP contribution >= 0.6 is 0 Å². The Kier molecular flexibility index (Phi) is 4.16. The van der Waals surface area contributed by atoms with Gasteiger partial charge in [0.05, 0.1) is 5.92 Å². The molecule has 0 fully saturated rings. The fourth-order valence-electron chi connectivity index (χ4n) is 1.86. The highest BCUT2D eigenvalue weighted by molar-refractivity contribution is 5.95. The number of amides is 1. The number of rotatable bonds is 3. The van der Waals surface area contributed by atoms with Crippen molar-refractivity contribution in [1.82, 2.24) is 0 Å². The van der Waals surface area contributed by atoms with Crippen LogP contribution in [0.1, 0.15) is 18.4 Å². The number of carbonyl (C=O) groups excluding carboxylic acids is 1. The van der Waals surface area contributed by atoms with Gasteiger partial charge >= 0.3 is 0 Å². The van der Waals surface area contributed by atoms with E-state index in [4.69, 9.17) is 5.73 Å². The molecule has 3 N–H and O–H groups in total. The lowest BCUT2D eigenvalue weighted by atomic mass is 10.00. The maximum Gasteiger partial charge on any atom is 0.231 e. The molecule has 1 amide bonds. The van der Waals surface area contributed by atoms with Gasteiger partial charge in [0.25, 0.3) is 0 Å². The van der Waals surface area contributed by atoms with Crippen molar-refractivity contribution in [3.05, 3.63) is 59.4 Å². The summed E-state index contributed by atoms with van der Waals surface area (Å²) in [5.41, 5.74) is 6.65. The summed E-state index contributed by atoms with van der Waals surface area (Å²) in [6.07, 6.45) is 0. The maximum absolute atomic E-state index is 13.1. The summed E-state index contributed by atoms with van der Waals surface area (Å²) in [5.74, 6) is -5.35. The molecule has 0 radical (unpaired) electrons. The Hall–Kier alpha value is -2.50. The average molecular weight is 294 g/mol. The molecule has 21 heavy (non-hydrogen) atoms. The summed E-state index contributed by atoms with van der Waals surface area (Å²) in [7, 11) is 0. The Morgan fingerprint density at radius 3 is 2.33 bits per heavy atom. The highest BCUT2D eigenvalue weighted by Gasteiger charge is 2.17. The van der Waals surface area contributed by atoms with Gasteiger partial charge in [-0.3, -0.25) is 4.79 Å². The largest absolute Gasteiger partial charge is 0.399 e. The summed E-state index contributed by atoms with van der Waals surface area (Å²) in [6.45, 7) is 1.63. The van der Waals surface area contributed by atoms with Crippen LogP contribution in [0.2, 0.25) is 0 Å². The maximum atomic E-state index is 13.1. The van der Waals surface area contributed by atoms with E-state index in [1.807, 2.05) is 0 Å². The predicted octanol–water partition coefficient (Wildman–Crippen LogP) is 3.43. The number of benzene rings is 2. The highest BCUT2D eigenvalue weighted by Crippen LogP contribution is 2.22. The van der Waals surface area contributed by atoms with Crippen molar-refractivity contribution in [2.45, 2.75) is 12.8 Å². The number of hydrogen-bond acceptors (Lipinski definition) is 2. The number of nitrogens with two attached hydrogens (primary N) is 1. The molecule has 2 aromatic carbocycles. The minimum absolute atomic E-state index is 0.146. The zero-order chi connectivity index (χ0) is 15.6. The van der Waals surface area contributed by atoms with Gasteiger partial charge in [-0.2, -0.15) is 0 Å². The Labute approximate surface area is 119 Å². The first-order valence-electron chi connectivity index (χ1n) is 6.19. The molecule has 0 saturated heterocycles. The van der Waals surface area contributed by atoms with Crippen molar-refractivity contribution in [3.63, 3.8) is 0 Å². The fraction of sp³-hybridized carbons (Fsp3) is 0.133.